The first-order valence-corrected chi connectivity index (χ1v) is 5.87. The predicted molar refractivity (Wildman–Crippen MR) is 72.5 cm³/mol. The van der Waals surface area contributed by atoms with Gasteiger partial charge >= 0.3 is 0 Å². The average Bonchev–Trinajstić information content (AvgIpc) is 2.38. The molecule has 0 fully saturated rings. The maximum absolute atomic E-state index is 5.69. The van der Waals surface area contributed by atoms with Crippen molar-refractivity contribution in [3.8, 4) is 17.0 Å². The summed E-state index contributed by atoms with van der Waals surface area (Å²) in [6.07, 6.45) is 1.46. The largest absolute Gasteiger partial charge is 0.496 e. The van der Waals surface area contributed by atoms with Crippen molar-refractivity contribution in [3.63, 3.8) is 0 Å². The van der Waals surface area contributed by atoms with Crippen LogP contribution in [-0.4, -0.2) is 17.1 Å². The normalized spacial score (nSPS) is 10.7. The summed E-state index contributed by atoms with van der Waals surface area (Å²) in [5, 5.41) is 0. The molecule has 94 valence electrons. The van der Waals surface area contributed by atoms with Gasteiger partial charge in [0.1, 0.15) is 17.9 Å². The fraction of sp³-hybridized carbons (Fsp3) is 0.286. The quantitative estimate of drug-likeness (QED) is 0.900. The molecule has 4 nitrogen and oxygen atoms in total. The molecular formula is C14H17N3O. The maximum atomic E-state index is 5.69. The molecule has 0 aliphatic rings. The van der Waals surface area contributed by atoms with Gasteiger partial charge in [-0.25, -0.2) is 9.97 Å². The van der Waals surface area contributed by atoms with Crippen LogP contribution in [0.25, 0.3) is 11.3 Å². The Hall–Kier alpha value is -2.10. The fourth-order valence-corrected chi connectivity index (χ4v) is 1.80. The van der Waals surface area contributed by atoms with Crippen molar-refractivity contribution in [1.29, 1.82) is 0 Å². The average molecular weight is 243 g/mol. The molecule has 18 heavy (non-hydrogen) atoms. The zero-order chi connectivity index (χ0) is 13.1. The highest BCUT2D eigenvalue weighted by molar-refractivity contribution is 5.69. The van der Waals surface area contributed by atoms with E-state index in [1.165, 1.54) is 11.9 Å². The number of hydrogen-bond acceptors (Lipinski definition) is 4. The Kier molecular flexibility index (Phi) is 3.46. The number of ether oxygens (including phenoxy) is 1. The summed E-state index contributed by atoms with van der Waals surface area (Å²) in [5.74, 6) is 1.70. The SMILES string of the molecule is COc1ccc(C(C)C)cc1-c1cc(N)ncn1. The molecule has 2 rings (SSSR count). The Morgan fingerprint density at radius 2 is 1.94 bits per heavy atom. The number of anilines is 1. The summed E-state index contributed by atoms with van der Waals surface area (Å²) in [7, 11) is 1.65. The van der Waals surface area contributed by atoms with Gasteiger partial charge in [0.25, 0.3) is 0 Å². The molecule has 0 aliphatic heterocycles. The van der Waals surface area contributed by atoms with Crippen LogP contribution in [0.2, 0.25) is 0 Å². The van der Waals surface area contributed by atoms with E-state index in [2.05, 4.69) is 35.9 Å². The Labute approximate surface area is 107 Å². The van der Waals surface area contributed by atoms with E-state index in [0.717, 1.165) is 17.0 Å². The van der Waals surface area contributed by atoms with Crippen LogP contribution >= 0.6 is 0 Å². The smallest absolute Gasteiger partial charge is 0.128 e. The number of rotatable bonds is 3. The molecule has 0 bridgehead atoms. The molecule has 0 spiro atoms. The first-order chi connectivity index (χ1) is 8.61. The summed E-state index contributed by atoms with van der Waals surface area (Å²) in [4.78, 5) is 8.15. The van der Waals surface area contributed by atoms with Crippen molar-refractivity contribution in [2.75, 3.05) is 12.8 Å². The molecule has 0 aliphatic carbocycles. The molecule has 1 heterocycles. The standard InChI is InChI=1S/C14H17N3O/c1-9(2)10-4-5-13(18-3)11(6-10)12-7-14(15)17-8-16-12/h4-9H,1-3H3,(H2,15,16,17). The Bertz CT molecular complexity index is 552. The molecule has 0 saturated heterocycles. The molecule has 2 N–H and O–H groups in total. The molecule has 0 unspecified atom stereocenters. The topological polar surface area (TPSA) is 61.0 Å². The van der Waals surface area contributed by atoms with E-state index in [-0.39, 0.29) is 0 Å². The Morgan fingerprint density at radius 1 is 1.17 bits per heavy atom. The minimum Gasteiger partial charge on any atom is -0.496 e. The predicted octanol–water partition coefficient (Wildman–Crippen LogP) is 2.86. The van der Waals surface area contributed by atoms with Crippen molar-refractivity contribution in [1.82, 2.24) is 9.97 Å². The molecule has 1 aromatic heterocycles. The Balaban J connectivity index is 2.56. The van der Waals surface area contributed by atoms with Gasteiger partial charge < -0.3 is 10.5 Å². The summed E-state index contributed by atoms with van der Waals surface area (Å²) >= 11 is 0. The summed E-state index contributed by atoms with van der Waals surface area (Å²) < 4.78 is 5.37. The number of hydrogen-bond donors (Lipinski definition) is 1. The van der Waals surface area contributed by atoms with Gasteiger partial charge in [0.2, 0.25) is 0 Å². The molecule has 0 radical (unpaired) electrons. The van der Waals surface area contributed by atoms with Gasteiger partial charge in [0.05, 0.1) is 12.8 Å². The number of benzene rings is 1. The van der Waals surface area contributed by atoms with Crippen LogP contribution in [0.4, 0.5) is 5.82 Å². The van der Waals surface area contributed by atoms with Crippen LogP contribution in [0, 0.1) is 0 Å². The van der Waals surface area contributed by atoms with Crippen LogP contribution in [-0.2, 0) is 0 Å². The van der Waals surface area contributed by atoms with E-state index in [1.54, 1.807) is 13.2 Å². The highest BCUT2D eigenvalue weighted by atomic mass is 16.5. The van der Waals surface area contributed by atoms with Crippen molar-refractivity contribution < 1.29 is 4.74 Å². The van der Waals surface area contributed by atoms with Gasteiger partial charge in [0.15, 0.2) is 0 Å². The lowest BCUT2D eigenvalue weighted by atomic mass is 9.99. The number of nitrogen functional groups attached to an aromatic ring is 1. The van der Waals surface area contributed by atoms with Crippen LogP contribution in [0.1, 0.15) is 25.3 Å². The van der Waals surface area contributed by atoms with E-state index in [1.807, 2.05) is 6.07 Å². The first kappa shape index (κ1) is 12.4. The molecule has 0 amide bonds. The van der Waals surface area contributed by atoms with E-state index >= 15 is 0 Å². The Morgan fingerprint density at radius 3 is 2.56 bits per heavy atom. The lowest BCUT2D eigenvalue weighted by molar-refractivity contribution is 0.416. The van der Waals surface area contributed by atoms with Crippen LogP contribution in [0.5, 0.6) is 5.75 Å². The van der Waals surface area contributed by atoms with Gasteiger partial charge in [-0.3, -0.25) is 0 Å². The van der Waals surface area contributed by atoms with E-state index in [9.17, 15) is 0 Å². The molecule has 0 saturated carbocycles. The molecular weight excluding hydrogens is 226 g/mol. The third-order valence-electron chi connectivity index (χ3n) is 2.85. The second-order valence-electron chi connectivity index (χ2n) is 4.44. The molecule has 4 heteroatoms. The second kappa shape index (κ2) is 5.04. The van der Waals surface area contributed by atoms with Gasteiger partial charge in [-0.05, 0) is 23.6 Å². The first-order valence-electron chi connectivity index (χ1n) is 5.87. The van der Waals surface area contributed by atoms with E-state index < -0.39 is 0 Å². The molecule has 0 atom stereocenters. The summed E-state index contributed by atoms with van der Waals surface area (Å²) in [5.41, 5.74) is 8.65. The van der Waals surface area contributed by atoms with Gasteiger partial charge in [-0.1, -0.05) is 19.9 Å². The summed E-state index contributed by atoms with van der Waals surface area (Å²) in [6, 6.07) is 7.87. The minimum absolute atomic E-state index is 0.453. The van der Waals surface area contributed by atoms with E-state index in [4.69, 9.17) is 10.5 Å². The lowest BCUT2D eigenvalue weighted by Gasteiger charge is -2.12. The summed E-state index contributed by atoms with van der Waals surface area (Å²) in [6.45, 7) is 4.31. The third kappa shape index (κ3) is 2.42. The van der Waals surface area contributed by atoms with Gasteiger partial charge in [-0.2, -0.15) is 0 Å². The number of nitrogens with zero attached hydrogens (tertiary/aromatic N) is 2. The van der Waals surface area contributed by atoms with Gasteiger partial charge in [0, 0.05) is 11.6 Å². The maximum Gasteiger partial charge on any atom is 0.128 e. The molecule has 2 aromatic rings. The van der Waals surface area contributed by atoms with Crippen LogP contribution < -0.4 is 10.5 Å². The monoisotopic (exact) mass is 243 g/mol. The second-order valence-corrected chi connectivity index (χ2v) is 4.44. The highest BCUT2D eigenvalue weighted by Crippen LogP contribution is 2.32. The molecule has 1 aromatic carbocycles. The van der Waals surface area contributed by atoms with E-state index in [0.29, 0.717) is 11.7 Å². The number of aromatic nitrogens is 2. The lowest BCUT2D eigenvalue weighted by Crippen LogP contribution is -1.96. The van der Waals surface area contributed by atoms with Crippen molar-refractivity contribution >= 4 is 5.82 Å². The van der Waals surface area contributed by atoms with Gasteiger partial charge in [-0.15, -0.1) is 0 Å². The van der Waals surface area contributed by atoms with Crippen LogP contribution in [0.3, 0.4) is 0 Å². The number of methoxy groups -OCH3 is 1. The third-order valence-corrected chi connectivity index (χ3v) is 2.85. The van der Waals surface area contributed by atoms with Crippen LogP contribution in [0.15, 0.2) is 30.6 Å². The van der Waals surface area contributed by atoms with Crippen molar-refractivity contribution in [2.24, 2.45) is 0 Å². The minimum atomic E-state index is 0.453. The van der Waals surface area contributed by atoms with Crippen molar-refractivity contribution in [3.05, 3.63) is 36.2 Å². The zero-order valence-electron chi connectivity index (χ0n) is 10.8. The fourth-order valence-electron chi connectivity index (χ4n) is 1.80. The van der Waals surface area contributed by atoms with Crippen molar-refractivity contribution in [2.45, 2.75) is 19.8 Å². The highest BCUT2D eigenvalue weighted by Gasteiger charge is 2.10. The number of nitrogens with two attached hydrogens (primary N) is 1. The zero-order valence-corrected chi connectivity index (χ0v) is 10.8.